The van der Waals surface area contributed by atoms with Crippen LogP contribution in [0.4, 0.5) is 0 Å². The summed E-state index contributed by atoms with van der Waals surface area (Å²) >= 11 is 20.3. The second-order valence-corrected chi connectivity index (χ2v) is 10.1. The van der Waals surface area contributed by atoms with E-state index in [4.69, 9.17) is 49.8 Å². The van der Waals surface area contributed by atoms with Crippen LogP contribution in [0.3, 0.4) is 0 Å². The summed E-state index contributed by atoms with van der Waals surface area (Å²) in [5.41, 5.74) is 8.59. The summed E-state index contributed by atoms with van der Waals surface area (Å²) in [5, 5.41) is 6.04. The lowest BCUT2D eigenvalue weighted by Crippen LogP contribution is -2.19. The molecule has 0 saturated heterocycles. The van der Waals surface area contributed by atoms with Crippen molar-refractivity contribution in [2.24, 2.45) is 5.73 Å². The zero-order valence-electron chi connectivity index (χ0n) is 18.3. The van der Waals surface area contributed by atoms with Gasteiger partial charge >= 0.3 is 0 Å². The van der Waals surface area contributed by atoms with E-state index < -0.39 is 5.92 Å². The quantitative estimate of drug-likeness (QED) is 0.274. The van der Waals surface area contributed by atoms with Crippen molar-refractivity contribution in [3.63, 3.8) is 0 Å². The van der Waals surface area contributed by atoms with Gasteiger partial charge in [-0.2, -0.15) is 4.98 Å². The lowest BCUT2D eigenvalue weighted by molar-refractivity contribution is 0.289. The minimum atomic E-state index is -0.392. The summed E-state index contributed by atoms with van der Waals surface area (Å²) < 4.78 is 11.7. The van der Waals surface area contributed by atoms with E-state index in [-0.39, 0.29) is 11.8 Å². The molecular formula is C26H18Cl3N3O2S. The average Bonchev–Trinajstić information content (AvgIpc) is 3.32. The molecule has 2 heterocycles. The molecule has 3 aromatic carbocycles. The highest BCUT2D eigenvalue weighted by molar-refractivity contribution is 8.03. The van der Waals surface area contributed by atoms with Crippen LogP contribution in [0, 0.1) is 0 Å². The number of benzene rings is 3. The van der Waals surface area contributed by atoms with Crippen molar-refractivity contribution in [2.75, 3.05) is 0 Å². The van der Waals surface area contributed by atoms with Gasteiger partial charge in [0.2, 0.25) is 5.82 Å². The van der Waals surface area contributed by atoms with Crippen LogP contribution in [0.15, 0.2) is 98.8 Å². The summed E-state index contributed by atoms with van der Waals surface area (Å²) in [4.78, 5) is 6.52. The molecular weight excluding hydrogens is 525 g/mol. The number of hydrogen-bond acceptors (Lipinski definition) is 6. The molecule has 0 spiro atoms. The number of halogens is 3. The molecule has 5 nitrogen and oxygen atoms in total. The highest BCUT2D eigenvalue weighted by atomic mass is 35.5. The monoisotopic (exact) mass is 541 g/mol. The van der Waals surface area contributed by atoms with Gasteiger partial charge in [-0.3, -0.25) is 0 Å². The Morgan fingerprint density at radius 1 is 0.886 bits per heavy atom. The molecule has 0 fully saturated rings. The number of rotatable bonds is 5. The van der Waals surface area contributed by atoms with Gasteiger partial charge in [0.05, 0.1) is 11.5 Å². The smallest absolute Gasteiger partial charge is 0.260 e. The van der Waals surface area contributed by atoms with Gasteiger partial charge in [-0.15, -0.1) is 0 Å². The first-order valence-electron chi connectivity index (χ1n) is 10.6. The SMILES string of the molecule is CC1=C(Sc2ccc(Cl)cc2)C(c2ccccc2Cl)C(c2nc(-c3ccc(Cl)cc3)no2)=C(N)O1. The highest BCUT2D eigenvalue weighted by Crippen LogP contribution is 2.51. The maximum atomic E-state index is 6.68. The van der Waals surface area contributed by atoms with Gasteiger partial charge in [-0.1, -0.05) is 69.9 Å². The fraction of sp³-hybridized carbons (Fsp3) is 0.0769. The van der Waals surface area contributed by atoms with E-state index in [0.29, 0.717) is 32.2 Å². The van der Waals surface area contributed by atoms with Gasteiger partial charge in [0.25, 0.3) is 5.89 Å². The molecule has 0 amide bonds. The Labute approximate surface area is 221 Å². The number of ether oxygens (including phenoxy) is 1. The third-order valence-electron chi connectivity index (χ3n) is 5.44. The largest absolute Gasteiger partial charge is 0.445 e. The molecule has 5 rings (SSSR count). The van der Waals surface area contributed by atoms with E-state index in [1.54, 1.807) is 23.9 Å². The summed E-state index contributed by atoms with van der Waals surface area (Å²) in [5.74, 6) is 1.11. The summed E-state index contributed by atoms with van der Waals surface area (Å²) in [6, 6.07) is 22.4. The molecule has 1 aliphatic heterocycles. The normalized spacial score (nSPS) is 15.9. The predicted octanol–water partition coefficient (Wildman–Crippen LogP) is 8.16. The Morgan fingerprint density at radius 2 is 1.54 bits per heavy atom. The molecule has 35 heavy (non-hydrogen) atoms. The van der Waals surface area contributed by atoms with Crippen LogP contribution in [0.1, 0.15) is 24.3 Å². The molecule has 4 aromatic rings. The maximum Gasteiger partial charge on any atom is 0.260 e. The van der Waals surface area contributed by atoms with E-state index in [9.17, 15) is 0 Å². The van der Waals surface area contributed by atoms with Crippen molar-refractivity contribution < 1.29 is 9.26 Å². The zero-order chi connectivity index (χ0) is 24.5. The topological polar surface area (TPSA) is 74.2 Å². The number of allylic oxidation sites excluding steroid dienone is 3. The van der Waals surface area contributed by atoms with Gasteiger partial charge < -0.3 is 15.0 Å². The average molecular weight is 543 g/mol. The number of aromatic nitrogens is 2. The van der Waals surface area contributed by atoms with Crippen LogP contribution >= 0.6 is 46.6 Å². The minimum absolute atomic E-state index is 0.180. The molecule has 1 unspecified atom stereocenters. The Morgan fingerprint density at radius 3 is 2.23 bits per heavy atom. The number of nitrogens with two attached hydrogens (primary N) is 1. The molecule has 0 aliphatic carbocycles. The van der Waals surface area contributed by atoms with E-state index in [2.05, 4.69) is 10.1 Å². The molecule has 0 radical (unpaired) electrons. The number of hydrogen-bond donors (Lipinski definition) is 1. The minimum Gasteiger partial charge on any atom is -0.445 e. The zero-order valence-corrected chi connectivity index (χ0v) is 21.4. The van der Waals surface area contributed by atoms with E-state index in [0.717, 1.165) is 20.9 Å². The number of nitrogens with zero attached hydrogens (tertiary/aromatic N) is 2. The molecule has 9 heteroatoms. The van der Waals surface area contributed by atoms with Crippen molar-refractivity contribution in [1.82, 2.24) is 10.1 Å². The third-order valence-corrected chi connectivity index (χ3v) is 7.54. The van der Waals surface area contributed by atoms with Crippen molar-refractivity contribution in [1.29, 1.82) is 0 Å². The van der Waals surface area contributed by atoms with Crippen LogP contribution in [0.2, 0.25) is 15.1 Å². The van der Waals surface area contributed by atoms with E-state index in [1.807, 2.05) is 67.6 Å². The van der Waals surface area contributed by atoms with Gasteiger partial charge in [-0.05, 0) is 67.1 Å². The molecule has 1 aromatic heterocycles. The lowest BCUT2D eigenvalue weighted by Gasteiger charge is -2.29. The molecule has 0 bridgehead atoms. The second kappa shape index (κ2) is 9.99. The van der Waals surface area contributed by atoms with E-state index in [1.165, 1.54) is 0 Å². The Kier molecular flexibility index (Phi) is 6.80. The standard InChI is InChI=1S/C26H18Cl3N3O2S/c1-14-23(35-18-12-10-17(28)11-13-18)21(19-4-2-3-5-20(19)29)22(24(30)33-14)26-31-25(32-34-26)15-6-8-16(27)9-7-15/h2-13,21H,30H2,1H3. The highest BCUT2D eigenvalue weighted by Gasteiger charge is 2.37. The van der Waals surface area contributed by atoms with Crippen molar-refractivity contribution in [2.45, 2.75) is 17.7 Å². The van der Waals surface area contributed by atoms with Crippen LogP contribution in [0.25, 0.3) is 17.0 Å². The predicted molar refractivity (Wildman–Crippen MR) is 141 cm³/mol. The van der Waals surface area contributed by atoms with Crippen LogP contribution < -0.4 is 5.73 Å². The first kappa shape index (κ1) is 23.8. The van der Waals surface area contributed by atoms with Gasteiger partial charge in [0.15, 0.2) is 5.88 Å². The van der Waals surface area contributed by atoms with Crippen LogP contribution in [0.5, 0.6) is 0 Å². The Bertz CT molecular complexity index is 1450. The summed E-state index contributed by atoms with van der Waals surface area (Å²) in [6.45, 7) is 1.87. The van der Waals surface area contributed by atoms with Crippen molar-refractivity contribution in [3.8, 4) is 11.4 Å². The Hall–Kier alpha value is -2.90. The number of thioether (sulfide) groups is 1. The second-order valence-electron chi connectivity index (χ2n) is 7.74. The van der Waals surface area contributed by atoms with E-state index >= 15 is 0 Å². The van der Waals surface area contributed by atoms with Gasteiger partial charge in [0.1, 0.15) is 5.76 Å². The molecule has 176 valence electrons. The van der Waals surface area contributed by atoms with Gasteiger partial charge in [0, 0.05) is 30.4 Å². The molecule has 1 aliphatic rings. The summed E-state index contributed by atoms with van der Waals surface area (Å²) in [7, 11) is 0. The molecule has 2 N–H and O–H groups in total. The summed E-state index contributed by atoms with van der Waals surface area (Å²) in [6.07, 6.45) is 0. The van der Waals surface area contributed by atoms with Crippen molar-refractivity contribution in [3.05, 3.63) is 116 Å². The lowest BCUT2D eigenvalue weighted by atomic mass is 9.88. The first-order chi connectivity index (χ1) is 16.9. The van der Waals surface area contributed by atoms with Crippen LogP contribution in [-0.4, -0.2) is 10.1 Å². The fourth-order valence-electron chi connectivity index (χ4n) is 3.79. The maximum absolute atomic E-state index is 6.68. The third kappa shape index (κ3) is 4.93. The molecule has 1 atom stereocenters. The Balaban J connectivity index is 1.61. The first-order valence-corrected chi connectivity index (χ1v) is 12.5. The van der Waals surface area contributed by atoms with Crippen molar-refractivity contribution >= 4 is 52.1 Å². The fourth-order valence-corrected chi connectivity index (χ4v) is 5.36. The van der Waals surface area contributed by atoms with Gasteiger partial charge in [-0.25, -0.2) is 0 Å². The van der Waals surface area contributed by atoms with Crippen LogP contribution in [-0.2, 0) is 4.74 Å². The molecule has 0 saturated carbocycles.